The zero-order valence-corrected chi connectivity index (χ0v) is 16.1. The van der Waals surface area contributed by atoms with Crippen molar-refractivity contribution in [1.29, 1.82) is 0 Å². The van der Waals surface area contributed by atoms with Crippen LogP contribution in [0.5, 0.6) is 11.5 Å². The van der Waals surface area contributed by atoms with Crippen LogP contribution < -0.4 is 14.8 Å². The second-order valence-electron chi connectivity index (χ2n) is 6.37. The van der Waals surface area contributed by atoms with E-state index in [1.54, 1.807) is 0 Å². The first kappa shape index (κ1) is 19.5. The molecule has 0 saturated heterocycles. The fourth-order valence-corrected chi connectivity index (χ4v) is 2.89. The molecule has 3 aromatic carbocycles. The van der Waals surface area contributed by atoms with Crippen molar-refractivity contribution < 1.29 is 14.3 Å². The summed E-state index contributed by atoms with van der Waals surface area (Å²) in [7, 11) is 0. The summed E-state index contributed by atoms with van der Waals surface area (Å²) >= 11 is 0. The smallest absolute Gasteiger partial charge is 0.227 e. The molecule has 0 fully saturated rings. The van der Waals surface area contributed by atoms with Gasteiger partial charge < -0.3 is 14.8 Å². The fourth-order valence-electron chi connectivity index (χ4n) is 2.89. The number of hydrogen-bond donors (Lipinski definition) is 1. The van der Waals surface area contributed by atoms with Crippen LogP contribution in [0.2, 0.25) is 0 Å². The first-order chi connectivity index (χ1) is 13.7. The number of hydrogen-bond acceptors (Lipinski definition) is 3. The van der Waals surface area contributed by atoms with E-state index in [-0.39, 0.29) is 12.3 Å². The second kappa shape index (κ2) is 10.2. The topological polar surface area (TPSA) is 47.6 Å². The molecule has 0 aliphatic heterocycles. The third-order valence-corrected chi connectivity index (χ3v) is 4.26. The van der Waals surface area contributed by atoms with Crippen LogP contribution in [-0.2, 0) is 11.2 Å². The van der Waals surface area contributed by atoms with Gasteiger partial charge >= 0.3 is 0 Å². The number of para-hydroxylation sites is 1. The zero-order valence-electron chi connectivity index (χ0n) is 16.1. The first-order valence-electron chi connectivity index (χ1n) is 9.52. The molecule has 0 aromatic heterocycles. The van der Waals surface area contributed by atoms with Crippen molar-refractivity contribution in [3.05, 3.63) is 90.0 Å². The van der Waals surface area contributed by atoms with Crippen molar-refractivity contribution in [3.8, 4) is 11.5 Å². The SMILES string of the molecule is CCOc1ccc(OCCC(=O)Nc2ccccc2Cc2ccccc2)cc1. The average molecular weight is 375 g/mol. The Hall–Kier alpha value is -3.27. The lowest BCUT2D eigenvalue weighted by Crippen LogP contribution is -2.16. The van der Waals surface area contributed by atoms with E-state index >= 15 is 0 Å². The van der Waals surface area contributed by atoms with Gasteiger partial charge in [0.25, 0.3) is 0 Å². The van der Waals surface area contributed by atoms with Crippen LogP contribution in [0.3, 0.4) is 0 Å². The predicted molar refractivity (Wildman–Crippen MR) is 112 cm³/mol. The Bertz CT molecular complexity index is 876. The molecule has 0 heterocycles. The molecule has 0 atom stereocenters. The van der Waals surface area contributed by atoms with E-state index in [0.29, 0.717) is 13.2 Å². The highest BCUT2D eigenvalue weighted by atomic mass is 16.5. The molecule has 1 N–H and O–H groups in total. The minimum absolute atomic E-state index is 0.0635. The Morgan fingerprint density at radius 2 is 1.46 bits per heavy atom. The number of carbonyl (C=O) groups excluding carboxylic acids is 1. The lowest BCUT2D eigenvalue weighted by Gasteiger charge is -2.12. The van der Waals surface area contributed by atoms with E-state index in [0.717, 1.165) is 29.2 Å². The number of ether oxygens (including phenoxy) is 2. The maximum absolute atomic E-state index is 12.3. The van der Waals surface area contributed by atoms with Gasteiger partial charge in [0.2, 0.25) is 5.91 Å². The summed E-state index contributed by atoms with van der Waals surface area (Å²) in [5.74, 6) is 1.47. The van der Waals surface area contributed by atoms with Gasteiger partial charge in [0, 0.05) is 5.69 Å². The monoisotopic (exact) mass is 375 g/mol. The molecule has 1 amide bonds. The quantitative estimate of drug-likeness (QED) is 0.567. The van der Waals surface area contributed by atoms with Gasteiger partial charge in [-0.1, -0.05) is 48.5 Å². The van der Waals surface area contributed by atoms with Gasteiger partial charge in [-0.05, 0) is 54.8 Å². The Labute approximate surface area is 166 Å². The average Bonchev–Trinajstić information content (AvgIpc) is 2.72. The molecular weight excluding hydrogens is 350 g/mol. The summed E-state index contributed by atoms with van der Waals surface area (Å²) in [6.45, 7) is 2.90. The highest BCUT2D eigenvalue weighted by Gasteiger charge is 2.08. The van der Waals surface area contributed by atoms with Crippen LogP contribution in [0.25, 0.3) is 0 Å². The molecule has 28 heavy (non-hydrogen) atoms. The molecule has 0 bridgehead atoms. The zero-order chi connectivity index (χ0) is 19.6. The van der Waals surface area contributed by atoms with Crippen molar-refractivity contribution >= 4 is 11.6 Å². The number of carbonyl (C=O) groups is 1. The molecular formula is C24H25NO3. The predicted octanol–water partition coefficient (Wildman–Crippen LogP) is 5.08. The van der Waals surface area contributed by atoms with Crippen LogP contribution in [0.15, 0.2) is 78.9 Å². The molecule has 4 nitrogen and oxygen atoms in total. The number of nitrogens with one attached hydrogen (secondary N) is 1. The molecule has 4 heteroatoms. The standard InChI is InChI=1S/C24H25NO3/c1-2-27-21-12-14-22(15-13-21)28-17-16-24(26)25-23-11-7-6-10-20(23)18-19-8-4-3-5-9-19/h3-15H,2,16-18H2,1H3,(H,25,26). The van der Waals surface area contributed by atoms with E-state index in [2.05, 4.69) is 17.4 Å². The number of benzene rings is 3. The molecule has 0 aliphatic carbocycles. The molecule has 3 aromatic rings. The Morgan fingerprint density at radius 3 is 2.18 bits per heavy atom. The maximum Gasteiger partial charge on any atom is 0.227 e. The molecule has 0 unspecified atom stereocenters. The Balaban J connectivity index is 1.51. The summed E-state index contributed by atoms with van der Waals surface area (Å²) in [6.07, 6.45) is 1.06. The van der Waals surface area contributed by atoms with Crippen LogP contribution in [0.4, 0.5) is 5.69 Å². The molecule has 0 spiro atoms. The molecule has 0 radical (unpaired) electrons. The van der Waals surface area contributed by atoms with Crippen molar-refractivity contribution in [2.75, 3.05) is 18.5 Å². The Kier molecular flexibility index (Phi) is 7.08. The van der Waals surface area contributed by atoms with Gasteiger partial charge in [-0.2, -0.15) is 0 Å². The number of amides is 1. The minimum atomic E-state index is -0.0635. The van der Waals surface area contributed by atoms with Crippen molar-refractivity contribution in [1.82, 2.24) is 0 Å². The van der Waals surface area contributed by atoms with Crippen molar-refractivity contribution in [2.24, 2.45) is 0 Å². The van der Waals surface area contributed by atoms with Crippen molar-refractivity contribution in [2.45, 2.75) is 19.8 Å². The minimum Gasteiger partial charge on any atom is -0.494 e. The summed E-state index contributed by atoms with van der Waals surface area (Å²) in [5.41, 5.74) is 3.15. The van der Waals surface area contributed by atoms with Gasteiger partial charge in [-0.3, -0.25) is 4.79 Å². The summed E-state index contributed by atoms with van der Waals surface area (Å²) < 4.78 is 11.1. The molecule has 144 valence electrons. The van der Waals surface area contributed by atoms with Gasteiger partial charge in [-0.15, -0.1) is 0 Å². The molecule has 0 aliphatic rings. The van der Waals surface area contributed by atoms with Gasteiger partial charge in [0.15, 0.2) is 0 Å². The highest BCUT2D eigenvalue weighted by molar-refractivity contribution is 5.91. The number of anilines is 1. The summed E-state index contributed by atoms with van der Waals surface area (Å²) in [5, 5.41) is 3.00. The van der Waals surface area contributed by atoms with E-state index in [1.165, 1.54) is 5.56 Å². The summed E-state index contributed by atoms with van der Waals surface area (Å²) in [6, 6.07) is 25.5. The maximum atomic E-state index is 12.3. The van der Waals surface area contributed by atoms with E-state index in [1.807, 2.05) is 73.7 Å². The third-order valence-electron chi connectivity index (χ3n) is 4.26. The van der Waals surface area contributed by atoms with Gasteiger partial charge in [-0.25, -0.2) is 0 Å². The normalized spacial score (nSPS) is 10.3. The lowest BCUT2D eigenvalue weighted by molar-refractivity contribution is -0.116. The molecule has 3 rings (SSSR count). The lowest BCUT2D eigenvalue weighted by atomic mass is 10.0. The summed E-state index contributed by atoms with van der Waals surface area (Å²) in [4.78, 5) is 12.3. The van der Waals surface area contributed by atoms with Crippen molar-refractivity contribution in [3.63, 3.8) is 0 Å². The van der Waals surface area contributed by atoms with E-state index < -0.39 is 0 Å². The Morgan fingerprint density at radius 1 is 0.821 bits per heavy atom. The van der Waals surface area contributed by atoms with Crippen LogP contribution in [-0.4, -0.2) is 19.1 Å². The van der Waals surface area contributed by atoms with E-state index in [4.69, 9.17) is 9.47 Å². The molecule has 0 saturated carbocycles. The van der Waals surface area contributed by atoms with Gasteiger partial charge in [0.05, 0.1) is 19.6 Å². The van der Waals surface area contributed by atoms with Gasteiger partial charge in [0.1, 0.15) is 11.5 Å². The number of rotatable bonds is 9. The second-order valence-corrected chi connectivity index (χ2v) is 6.37. The fraction of sp³-hybridized carbons (Fsp3) is 0.208. The largest absolute Gasteiger partial charge is 0.494 e. The van der Waals surface area contributed by atoms with Crippen LogP contribution in [0, 0.1) is 0 Å². The van der Waals surface area contributed by atoms with Crippen LogP contribution in [0.1, 0.15) is 24.5 Å². The highest BCUT2D eigenvalue weighted by Crippen LogP contribution is 2.20. The third kappa shape index (κ3) is 5.88. The first-order valence-corrected chi connectivity index (χ1v) is 9.52. The van der Waals surface area contributed by atoms with E-state index in [9.17, 15) is 4.79 Å². The van der Waals surface area contributed by atoms with Crippen LogP contribution >= 0.6 is 0 Å².